The molecule has 2 heterocycles. The van der Waals surface area contributed by atoms with E-state index in [0.29, 0.717) is 5.56 Å². The predicted molar refractivity (Wildman–Crippen MR) is 55.4 cm³/mol. The van der Waals surface area contributed by atoms with Crippen molar-refractivity contribution in [3.8, 4) is 5.75 Å². The van der Waals surface area contributed by atoms with Gasteiger partial charge in [-0.25, -0.2) is 4.39 Å². The van der Waals surface area contributed by atoms with Gasteiger partial charge in [0.15, 0.2) is 0 Å². The molecule has 0 unspecified atom stereocenters. The molecule has 0 amide bonds. The summed E-state index contributed by atoms with van der Waals surface area (Å²) in [5.74, 6) is -0.520. The first kappa shape index (κ1) is 10.5. The summed E-state index contributed by atoms with van der Waals surface area (Å²) >= 11 is 0. The molecule has 1 saturated heterocycles. The minimum Gasteiger partial charge on any atom is -0.478 e. The van der Waals surface area contributed by atoms with Gasteiger partial charge in [-0.05, 0) is 19.9 Å². The zero-order chi connectivity index (χ0) is 12.4. The van der Waals surface area contributed by atoms with E-state index < -0.39 is 16.3 Å². The standard InChI is InChI=1S/C11H10FNO4/c1-11(2)10-9(16-10)6-3-5(12)4-7(13(14)15)8(6)17-11/h3-4,9-10H,1-2H3/t9-,10+/m1/s1. The van der Waals surface area contributed by atoms with Crippen molar-refractivity contribution >= 4 is 5.69 Å². The number of nitro groups is 1. The number of ether oxygens (including phenoxy) is 2. The van der Waals surface area contributed by atoms with Gasteiger partial charge in [0.2, 0.25) is 5.75 Å². The Bertz CT molecular complexity index is 528. The highest BCUT2D eigenvalue weighted by Gasteiger charge is 2.58. The first-order valence-corrected chi connectivity index (χ1v) is 5.22. The highest BCUT2D eigenvalue weighted by atomic mass is 19.1. The van der Waals surface area contributed by atoms with Gasteiger partial charge in [0.1, 0.15) is 23.6 Å². The van der Waals surface area contributed by atoms with Crippen LogP contribution in [0.5, 0.6) is 5.75 Å². The first-order chi connectivity index (χ1) is 7.90. The summed E-state index contributed by atoms with van der Waals surface area (Å²) in [6.07, 6.45) is -0.445. The third-order valence-corrected chi connectivity index (χ3v) is 3.11. The van der Waals surface area contributed by atoms with Crippen LogP contribution in [-0.2, 0) is 4.74 Å². The summed E-state index contributed by atoms with van der Waals surface area (Å²) in [5.41, 5.74) is -0.539. The summed E-state index contributed by atoms with van der Waals surface area (Å²) in [7, 11) is 0. The number of nitro benzene ring substituents is 1. The van der Waals surface area contributed by atoms with Crippen molar-refractivity contribution in [1.29, 1.82) is 0 Å². The SMILES string of the molecule is CC1(C)Oc2c(cc(F)cc2[N+](=O)[O-])[C@H]2O[C@@H]21. The Kier molecular flexibility index (Phi) is 1.82. The zero-order valence-electron chi connectivity index (χ0n) is 9.27. The van der Waals surface area contributed by atoms with Crippen LogP contribution in [0.2, 0.25) is 0 Å². The van der Waals surface area contributed by atoms with Crippen molar-refractivity contribution in [3.63, 3.8) is 0 Å². The van der Waals surface area contributed by atoms with Crippen LogP contribution < -0.4 is 4.74 Å². The number of epoxide rings is 1. The topological polar surface area (TPSA) is 64.9 Å². The van der Waals surface area contributed by atoms with Crippen LogP contribution in [-0.4, -0.2) is 16.6 Å². The van der Waals surface area contributed by atoms with Crippen LogP contribution in [0.25, 0.3) is 0 Å². The molecule has 0 aliphatic carbocycles. The molecular formula is C11H10FNO4. The summed E-state index contributed by atoms with van der Waals surface area (Å²) in [6.45, 7) is 3.60. The molecule has 2 aliphatic heterocycles. The number of halogens is 1. The van der Waals surface area contributed by atoms with Gasteiger partial charge in [-0.15, -0.1) is 0 Å². The fourth-order valence-electron chi connectivity index (χ4n) is 2.26. The smallest absolute Gasteiger partial charge is 0.314 e. The molecule has 0 spiro atoms. The fraction of sp³-hybridized carbons (Fsp3) is 0.455. The van der Waals surface area contributed by atoms with Crippen LogP contribution >= 0.6 is 0 Å². The van der Waals surface area contributed by atoms with Gasteiger partial charge in [-0.1, -0.05) is 0 Å². The lowest BCUT2D eigenvalue weighted by Gasteiger charge is -2.28. The number of hydrogen-bond donors (Lipinski definition) is 0. The normalized spacial score (nSPS) is 27.7. The molecule has 0 aromatic heterocycles. The molecule has 6 heteroatoms. The highest BCUT2D eigenvalue weighted by Crippen LogP contribution is 2.56. The van der Waals surface area contributed by atoms with E-state index in [-0.39, 0.29) is 23.6 Å². The third-order valence-electron chi connectivity index (χ3n) is 3.11. The molecule has 1 aromatic rings. The Morgan fingerprint density at radius 3 is 2.82 bits per heavy atom. The number of nitrogens with zero attached hydrogens (tertiary/aromatic N) is 1. The lowest BCUT2D eigenvalue weighted by molar-refractivity contribution is -0.386. The van der Waals surface area contributed by atoms with E-state index in [1.807, 2.05) is 0 Å². The van der Waals surface area contributed by atoms with E-state index in [0.717, 1.165) is 6.07 Å². The Morgan fingerprint density at radius 1 is 1.47 bits per heavy atom. The van der Waals surface area contributed by atoms with Crippen molar-refractivity contribution < 1.29 is 18.8 Å². The number of fused-ring (bicyclic) bond motifs is 3. The molecule has 2 atom stereocenters. The molecule has 5 nitrogen and oxygen atoms in total. The maximum absolute atomic E-state index is 13.3. The molecule has 2 aliphatic rings. The quantitative estimate of drug-likeness (QED) is 0.428. The van der Waals surface area contributed by atoms with Gasteiger partial charge < -0.3 is 9.47 Å². The zero-order valence-corrected chi connectivity index (χ0v) is 9.27. The van der Waals surface area contributed by atoms with E-state index in [9.17, 15) is 14.5 Å². The van der Waals surface area contributed by atoms with Crippen LogP contribution in [0.15, 0.2) is 12.1 Å². The Morgan fingerprint density at radius 2 is 2.18 bits per heavy atom. The molecule has 90 valence electrons. The number of rotatable bonds is 1. The first-order valence-electron chi connectivity index (χ1n) is 5.22. The predicted octanol–water partition coefficient (Wildman–Crippen LogP) is 2.34. The van der Waals surface area contributed by atoms with Crippen molar-refractivity contribution in [3.05, 3.63) is 33.6 Å². The van der Waals surface area contributed by atoms with E-state index in [1.165, 1.54) is 6.07 Å². The number of benzene rings is 1. The second-order valence-electron chi connectivity index (χ2n) is 4.78. The molecule has 0 saturated carbocycles. The average Bonchev–Trinajstić information content (AvgIpc) is 2.98. The molecule has 0 radical (unpaired) electrons. The summed E-state index contributed by atoms with van der Waals surface area (Å²) in [6, 6.07) is 2.11. The lowest BCUT2D eigenvalue weighted by atomic mass is 9.94. The fourth-order valence-corrected chi connectivity index (χ4v) is 2.26. The second kappa shape index (κ2) is 2.95. The molecular weight excluding hydrogens is 229 g/mol. The minimum absolute atomic E-state index is 0.125. The van der Waals surface area contributed by atoms with E-state index >= 15 is 0 Å². The van der Waals surface area contributed by atoms with Crippen molar-refractivity contribution in [2.45, 2.75) is 31.7 Å². The van der Waals surface area contributed by atoms with Gasteiger partial charge in [0.25, 0.3) is 0 Å². The van der Waals surface area contributed by atoms with Gasteiger partial charge in [-0.2, -0.15) is 0 Å². The van der Waals surface area contributed by atoms with Crippen LogP contribution in [0.4, 0.5) is 10.1 Å². The average molecular weight is 239 g/mol. The van der Waals surface area contributed by atoms with Gasteiger partial charge >= 0.3 is 5.69 Å². The highest BCUT2D eigenvalue weighted by molar-refractivity contribution is 5.56. The molecule has 1 aromatic carbocycles. The maximum atomic E-state index is 13.3. The van der Waals surface area contributed by atoms with Gasteiger partial charge in [0, 0.05) is 5.56 Å². The molecule has 0 N–H and O–H groups in total. The van der Waals surface area contributed by atoms with Crippen molar-refractivity contribution in [1.82, 2.24) is 0 Å². The van der Waals surface area contributed by atoms with Gasteiger partial charge in [0.05, 0.1) is 11.0 Å². The molecule has 1 fully saturated rings. The summed E-state index contributed by atoms with van der Waals surface area (Å²) < 4.78 is 24.3. The molecule has 17 heavy (non-hydrogen) atoms. The van der Waals surface area contributed by atoms with Crippen LogP contribution in [0.1, 0.15) is 25.5 Å². The third kappa shape index (κ3) is 1.40. The van der Waals surface area contributed by atoms with Crippen molar-refractivity contribution in [2.75, 3.05) is 0 Å². The minimum atomic E-state index is -0.645. The monoisotopic (exact) mass is 239 g/mol. The van der Waals surface area contributed by atoms with E-state index in [1.54, 1.807) is 13.8 Å². The second-order valence-corrected chi connectivity index (χ2v) is 4.78. The Hall–Kier alpha value is -1.69. The van der Waals surface area contributed by atoms with E-state index in [2.05, 4.69) is 0 Å². The largest absolute Gasteiger partial charge is 0.478 e. The van der Waals surface area contributed by atoms with Gasteiger partial charge in [-0.3, -0.25) is 10.1 Å². The summed E-state index contributed by atoms with van der Waals surface area (Å²) in [5, 5.41) is 10.9. The van der Waals surface area contributed by atoms with Crippen LogP contribution in [0.3, 0.4) is 0 Å². The maximum Gasteiger partial charge on any atom is 0.314 e. The number of hydrogen-bond acceptors (Lipinski definition) is 4. The molecule has 0 bridgehead atoms. The Labute approximate surface area is 96.3 Å². The summed E-state index contributed by atoms with van der Waals surface area (Å²) in [4.78, 5) is 10.2. The lowest BCUT2D eigenvalue weighted by Crippen LogP contribution is -2.38. The Balaban J connectivity index is 2.20. The van der Waals surface area contributed by atoms with E-state index in [4.69, 9.17) is 9.47 Å². The van der Waals surface area contributed by atoms with Crippen molar-refractivity contribution in [2.24, 2.45) is 0 Å². The van der Waals surface area contributed by atoms with Crippen LogP contribution in [0, 0.1) is 15.9 Å². The molecule has 3 rings (SSSR count).